The number of hydrogen-bond acceptors (Lipinski definition) is 2. The molecule has 0 saturated heterocycles. The van der Waals surface area contributed by atoms with Gasteiger partial charge in [-0.1, -0.05) is 60.7 Å². The third kappa shape index (κ3) is 2.33. The van der Waals surface area contributed by atoms with Gasteiger partial charge in [0.05, 0.1) is 0 Å². The predicted molar refractivity (Wildman–Crippen MR) is 77.4 cm³/mol. The molecule has 1 aliphatic carbocycles. The Bertz CT molecular complexity index is 589. The Morgan fingerprint density at radius 2 is 1.84 bits per heavy atom. The van der Waals surface area contributed by atoms with Crippen molar-refractivity contribution in [1.82, 2.24) is 0 Å². The monoisotopic (exact) mass is 251 g/mol. The topological polar surface area (TPSA) is 35.2 Å². The maximum atomic E-state index is 5.55. The molecule has 2 aromatic carbocycles. The van der Waals surface area contributed by atoms with Crippen LogP contribution >= 0.6 is 0 Å². The third-order valence-corrected chi connectivity index (χ3v) is 3.62. The molecule has 3 rings (SSSR count). The van der Waals surface area contributed by atoms with Gasteiger partial charge < -0.3 is 0 Å². The fourth-order valence-corrected chi connectivity index (χ4v) is 2.68. The molecule has 0 fully saturated rings. The second-order valence-electron chi connectivity index (χ2n) is 4.79. The van der Waals surface area contributed by atoms with E-state index in [1.54, 1.807) is 0 Å². The van der Waals surface area contributed by atoms with E-state index in [9.17, 15) is 0 Å². The number of rotatable bonds is 3. The minimum absolute atomic E-state index is 0.209. The molecule has 1 atom stereocenters. The van der Waals surface area contributed by atoms with Gasteiger partial charge >= 0.3 is 0 Å². The quantitative estimate of drug-likeness (QED) is 0.845. The summed E-state index contributed by atoms with van der Waals surface area (Å²) in [6.45, 7) is 0. The van der Waals surface area contributed by atoms with Gasteiger partial charge in [-0.25, -0.2) is 5.90 Å². The van der Waals surface area contributed by atoms with Crippen LogP contribution in [-0.4, -0.2) is 0 Å². The van der Waals surface area contributed by atoms with Crippen molar-refractivity contribution >= 4 is 6.08 Å². The molecule has 2 aromatic rings. The first-order valence-corrected chi connectivity index (χ1v) is 6.59. The lowest BCUT2D eigenvalue weighted by molar-refractivity contribution is 0.0811. The molecule has 0 amide bonds. The predicted octanol–water partition coefficient (Wildman–Crippen LogP) is 3.63. The number of fused-ring (bicyclic) bond motifs is 1. The summed E-state index contributed by atoms with van der Waals surface area (Å²) < 4.78 is 0. The van der Waals surface area contributed by atoms with Crippen molar-refractivity contribution in [3.8, 4) is 0 Å². The lowest BCUT2D eigenvalue weighted by Gasteiger charge is -2.21. The zero-order valence-corrected chi connectivity index (χ0v) is 10.8. The smallest absolute Gasteiger partial charge is 0.129 e. The molecule has 2 N–H and O–H groups in total. The summed E-state index contributed by atoms with van der Waals surface area (Å²) >= 11 is 0. The van der Waals surface area contributed by atoms with Crippen LogP contribution in [0.25, 0.3) is 6.08 Å². The van der Waals surface area contributed by atoms with E-state index in [-0.39, 0.29) is 6.10 Å². The Kier molecular flexibility index (Phi) is 3.45. The zero-order chi connectivity index (χ0) is 13.1. The van der Waals surface area contributed by atoms with Gasteiger partial charge in [-0.15, -0.1) is 0 Å². The number of allylic oxidation sites excluding steroid dienone is 1. The Morgan fingerprint density at radius 3 is 2.63 bits per heavy atom. The summed E-state index contributed by atoms with van der Waals surface area (Å²) in [6.07, 6.45) is 6.38. The Morgan fingerprint density at radius 1 is 1.00 bits per heavy atom. The number of benzene rings is 2. The van der Waals surface area contributed by atoms with Gasteiger partial charge in [0.2, 0.25) is 0 Å². The van der Waals surface area contributed by atoms with Crippen molar-refractivity contribution in [2.45, 2.75) is 18.9 Å². The van der Waals surface area contributed by atoms with Gasteiger partial charge in [0.25, 0.3) is 0 Å². The summed E-state index contributed by atoms with van der Waals surface area (Å²) in [4.78, 5) is 5.25. The normalized spacial score (nSPS) is 15.0. The zero-order valence-electron chi connectivity index (χ0n) is 10.8. The minimum atomic E-state index is -0.209. The van der Waals surface area contributed by atoms with E-state index in [1.807, 2.05) is 30.3 Å². The molecule has 0 aromatic heterocycles. The number of hydrogen-bond donors (Lipinski definition) is 1. The van der Waals surface area contributed by atoms with Gasteiger partial charge in [-0.2, -0.15) is 0 Å². The molecule has 2 heteroatoms. The highest BCUT2D eigenvalue weighted by Gasteiger charge is 2.19. The standard InChI is InChI=1S/C17H17NO/c18-19-17(14-8-2-1-3-9-14)16-12-6-10-13-7-4-5-11-15(13)16/h1-3,5-6,8-12,17H,4,7,18H2. The highest BCUT2D eigenvalue weighted by molar-refractivity contribution is 5.61. The average Bonchev–Trinajstić information content (AvgIpc) is 2.49. The van der Waals surface area contributed by atoms with E-state index in [0.717, 1.165) is 24.0 Å². The van der Waals surface area contributed by atoms with E-state index in [4.69, 9.17) is 10.7 Å². The molecular weight excluding hydrogens is 234 g/mol. The summed E-state index contributed by atoms with van der Waals surface area (Å²) in [5, 5.41) is 0. The Balaban J connectivity index is 2.08. The van der Waals surface area contributed by atoms with Crippen molar-refractivity contribution in [1.29, 1.82) is 0 Å². The second kappa shape index (κ2) is 5.39. The van der Waals surface area contributed by atoms with Crippen LogP contribution < -0.4 is 5.90 Å². The molecule has 0 aliphatic heterocycles. The largest absolute Gasteiger partial charge is 0.292 e. The first-order valence-electron chi connectivity index (χ1n) is 6.59. The lowest BCUT2D eigenvalue weighted by Crippen LogP contribution is -2.13. The average molecular weight is 251 g/mol. The fourth-order valence-electron chi connectivity index (χ4n) is 2.68. The van der Waals surface area contributed by atoms with E-state index < -0.39 is 0 Å². The van der Waals surface area contributed by atoms with Crippen LogP contribution in [0, 0.1) is 0 Å². The molecule has 1 aliphatic rings. The van der Waals surface area contributed by atoms with Crippen molar-refractivity contribution in [2.75, 3.05) is 0 Å². The molecule has 0 spiro atoms. The van der Waals surface area contributed by atoms with Crippen molar-refractivity contribution < 1.29 is 4.84 Å². The highest BCUT2D eigenvalue weighted by Crippen LogP contribution is 2.32. The van der Waals surface area contributed by atoms with Crippen LogP contribution in [-0.2, 0) is 11.3 Å². The van der Waals surface area contributed by atoms with E-state index in [1.165, 1.54) is 11.1 Å². The van der Waals surface area contributed by atoms with Gasteiger partial charge in [0, 0.05) is 0 Å². The van der Waals surface area contributed by atoms with Gasteiger partial charge in [0.1, 0.15) is 6.10 Å². The molecule has 0 saturated carbocycles. The van der Waals surface area contributed by atoms with E-state index in [2.05, 4.69) is 30.4 Å². The summed E-state index contributed by atoms with van der Waals surface area (Å²) in [6, 6.07) is 16.5. The van der Waals surface area contributed by atoms with Crippen LogP contribution in [0.5, 0.6) is 0 Å². The maximum absolute atomic E-state index is 5.55. The van der Waals surface area contributed by atoms with E-state index in [0.29, 0.717) is 0 Å². The molecule has 0 radical (unpaired) electrons. The molecule has 2 nitrogen and oxygen atoms in total. The SMILES string of the molecule is NOC(c1ccccc1)c1cccc2c1C=CCC2. The summed E-state index contributed by atoms with van der Waals surface area (Å²) in [5.41, 5.74) is 4.85. The Labute approximate surface area is 113 Å². The fraction of sp³-hybridized carbons (Fsp3) is 0.176. The third-order valence-electron chi connectivity index (χ3n) is 3.62. The number of aryl methyl sites for hydroxylation is 1. The van der Waals surface area contributed by atoms with Gasteiger partial charge in [-0.05, 0) is 35.1 Å². The van der Waals surface area contributed by atoms with Gasteiger partial charge in [0.15, 0.2) is 0 Å². The number of nitrogens with two attached hydrogens (primary N) is 1. The van der Waals surface area contributed by atoms with Crippen LogP contribution in [0.1, 0.15) is 34.8 Å². The Hall–Kier alpha value is -1.90. The molecular formula is C17H17NO. The van der Waals surface area contributed by atoms with Crippen LogP contribution in [0.15, 0.2) is 54.6 Å². The summed E-state index contributed by atoms with van der Waals surface area (Å²) in [7, 11) is 0. The molecule has 19 heavy (non-hydrogen) atoms. The molecule has 96 valence electrons. The molecule has 1 unspecified atom stereocenters. The van der Waals surface area contributed by atoms with Crippen molar-refractivity contribution in [3.05, 3.63) is 76.9 Å². The maximum Gasteiger partial charge on any atom is 0.129 e. The lowest BCUT2D eigenvalue weighted by atomic mass is 9.89. The van der Waals surface area contributed by atoms with Crippen LogP contribution in [0.2, 0.25) is 0 Å². The first-order chi connectivity index (χ1) is 9.40. The van der Waals surface area contributed by atoms with Crippen LogP contribution in [0.3, 0.4) is 0 Å². The van der Waals surface area contributed by atoms with Crippen molar-refractivity contribution in [2.24, 2.45) is 5.90 Å². The minimum Gasteiger partial charge on any atom is -0.292 e. The van der Waals surface area contributed by atoms with Gasteiger partial charge in [-0.3, -0.25) is 4.84 Å². The molecule has 0 bridgehead atoms. The van der Waals surface area contributed by atoms with E-state index >= 15 is 0 Å². The van der Waals surface area contributed by atoms with Crippen molar-refractivity contribution in [3.63, 3.8) is 0 Å². The summed E-state index contributed by atoms with van der Waals surface area (Å²) in [5.74, 6) is 5.55. The first kappa shape index (κ1) is 12.2. The molecule has 0 heterocycles. The van der Waals surface area contributed by atoms with Crippen LogP contribution in [0.4, 0.5) is 0 Å². The second-order valence-corrected chi connectivity index (χ2v) is 4.79. The highest BCUT2D eigenvalue weighted by atomic mass is 16.6.